The van der Waals surface area contributed by atoms with Gasteiger partial charge in [-0.05, 0) is 36.6 Å². The van der Waals surface area contributed by atoms with Crippen molar-refractivity contribution in [2.24, 2.45) is 0 Å². The number of aryl methyl sites for hydroxylation is 1. The zero-order chi connectivity index (χ0) is 12.0. The monoisotopic (exact) mass is 228 g/mol. The summed E-state index contributed by atoms with van der Waals surface area (Å²) in [4.78, 5) is 19.5. The van der Waals surface area contributed by atoms with Crippen LogP contribution in [0.5, 0.6) is 5.75 Å². The van der Waals surface area contributed by atoms with Crippen LogP contribution in [0.15, 0.2) is 18.2 Å². The number of rotatable bonds is 5. The van der Waals surface area contributed by atoms with Gasteiger partial charge in [0.05, 0.1) is 0 Å². The highest BCUT2D eigenvalue weighted by molar-refractivity contribution is 5.65. The molecule has 0 spiro atoms. The zero-order valence-electron chi connectivity index (χ0n) is 8.90. The Bertz CT molecular complexity index is 365. The van der Waals surface area contributed by atoms with Crippen LogP contribution >= 0.6 is 0 Å². The molecule has 1 aromatic rings. The average molecular weight is 228 g/mol. The van der Waals surface area contributed by atoms with Gasteiger partial charge in [-0.1, -0.05) is 0 Å². The van der Waals surface area contributed by atoms with Crippen molar-refractivity contribution in [2.75, 3.05) is 6.61 Å². The molecule has 88 valence electrons. The van der Waals surface area contributed by atoms with Gasteiger partial charge in [0.2, 0.25) is 0 Å². The Morgan fingerprint density at radius 2 is 2.25 bits per heavy atom. The number of hydrogen-bond donors (Lipinski definition) is 1. The van der Waals surface area contributed by atoms with Crippen LogP contribution in [0.2, 0.25) is 0 Å². The maximum absolute atomic E-state index is 13.2. The summed E-state index contributed by atoms with van der Waals surface area (Å²) in [7, 11) is 0. The van der Waals surface area contributed by atoms with Gasteiger partial charge in [0, 0.05) is 13.5 Å². The number of benzene rings is 1. The van der Waals surface area contributed by atoms with Gasteiger partial charge in [0.25, 0.3) is 0 Å². The fourth-order valence-corrected chi connectivity index (χ4v) is 1.17. The topological polar surface area (TPSA) is 55.8 Å². The number of halogens is 1. The molecule has 0 saturated carbocycles. The van der Waals surface area contributed by atoms with Crippen molar-refractivity contribution in [3.63, 3.8) is 0 Å². The first-order valence-electron chi connectivity index (χ1n) is 4.88. The van der Waals surface area contributed by atoms with Crippen LogP contribution in [0.3, 0.4) is 0 Å². The summed E-state index contributed by atoms with van der Waals surface area (Å²) in [6.07, 6.45) is 0.869. The normalized spacial score (nSPS) is 9.94. The molecular formula is C11H13FO4. The molecule has 1 rings (SSSR count). The molecule has 1 N–H and O–H groups in total. The maximum atomic E-state index is 13.2. The minimum absolute atomic E-state index is 0.00549. The quantitative estimate of drug-likeness (QED) is 0.614. The molecule has 0 amide bonds. The van der Waals surface area contributed by atoms with Crippen molar-refractivity contribution < 1.29 is 24.1 Å². The Morgan fingerprint density at radius 1 is 1.50 bits per heavy atom. The van der Waals surface area contributed by atoms with E-state index < -0.39 is 5.97 Å². The summed E-state index contributed by atoms with van der Waals surface area (Å²) in [5, 5.41) is 8.64. The van der Waals surface area contributed by atoms with Crippen LogP contribution in [-0.4, -0.2) is 17.7 Å². The lowest BCUT2D eigenvalue weighted by Crippen LogP contribution is -2.03. The Labute approximate surface area is 92.5 Å². The molecule has 0 radical (unpaired) electrons. The van der Waals surface area contributed by atoms with Gasteiger partial charge in [0.15, 0.2) is 5.75 Å². The van der Waals surface area contributed by atoms with Crippen molar-refractivity contribution in [2.45, 2.75) is 19.8 Å². The molecule has 4 nitrogen and oxygen atoms in total. The molecule has 16 heavy (non-hydrogen) atoms. The molecule has 0 bridgehead atoms. The highest BCUT2D eigenvalue weighted by Gasteiger charge is 2.06. The van der Waals surface area contributed by atoms with E-state index in [2.05, 4.69) is 9.78 Å². The lowest BCUT2D eigenvalue weighted by molar-refractivity contribution is -0.210. The van der Waals surface area contributed by atoms with E-state index >= 15 is 0 Å². The molecule has 1 aromatic carbocycles. The third kappa shape index (κ3) is 3.86. The Morgan fingerprint density at radius 3 is 2.88 bits per heavy atom. The summed E-state index contributed by atoms with van der Waals surface area (Å²) in [6.45, 7) is 1.20. The van der Waals surface area contributed by atoms with E-state index in [1.54, 1.807) is 0 Å². The standard InChI is InChI=1S/C11H13FO4/c1-8(14)15-16-10-4-5-11(12)9(7-10)3-2-6-13/h4-5,7,13H,2-3,6H2,1H3. The number of aliphatic hydroxyl groups is 1. The Balaban J connectivity index is 2.68. The fourth-order valence-electron chi connectivity index (χ4n) is 1.17. The van der Waals surface area contributed by atoms with Gasteiger partial charge in [-0.2, -0.15) is 0 Å². The van der Waals surface area contributed by atoms with E-state index in [4.69, 9.17) is 5.11 Å². The second-order valence-electron chi connectivity index (χ2n) is 3.24. The van der Waals surface area contributed by atoms with Gasteiger partial charge >= 0.3 is 5.97 Å². The van der Waals surface area contributed by atoms with E-state index in [9.17, 15) is 9.18 Å². The minimum atomic E-state index is -0.582. The van der Waals surface area contributed by atoms with Crippen LogP contribution in [0, 0.1) is 5.82 Å². The number of hydrogen-bond acceptors (Lipinski definition) is 4. The van der Waals surface area contributed by atoms with Gasteiger partial charge < -0.3 is 5.11 Å². The second kappa shape index (κ2) is 6.07. The molecule has 0 atom stereocenters. The highest BCUT2D eigenvalue weighted by Crippen LogP contribution is 2.18. The Kier molecular flexibility index (Phi) is 4.72. The van der Waals surface area contributed by atoms with Gasteiger partial charge in [-0.15, -0.1) is 0 Å². The smallest absolute Gasteiger partial charge is 0.352 e. The predicted molar refractivity (Wildman–Crippen MR) is 54.2 cm³/mol. The molecule has 0 saturated heterocycles. The Hall–Kier alpha value is -1.62. The van der Waals surface area contributed by atoms with E-state index in [1.807, 2.05) is 0 Å². The SMILES string of the molecule is CC(=O)OOc1ccc(F)c(CCCO)c1. The van der Waals surface area contributed by atoms with E-state index in [1.165, 1.54) is 25.1 Å². The first-order chi connectivity index (χ1) is 7.63. The lowest BCUT2D eigenvalue weighted by Gasteiger charge is -2.06. The largest absolute Gasteiger partial charge is 0.396 e. The summed E-state index contributed by atoms with van der Waals surface area (Å²) in [6, 6.07) is 4.03. The van der Waals surface area contributed by atoms with Crippen molar-refractivity contribution in [1.82, 2.24) is 0 Å². The van der Waals surface area contributed by atoms with Crippen LogP contribution in [-0.2, 0) is 16.1 Å². The van der Waals surface area contributed by atoms with Crippen LogP contribution in [0.25, 0.3) is 0 Å². The fraction of sp³-hybridized carbons (Fsp3) is 0.364. The van der Waals surface area contributed by atoms with Crippen molar-refractivity contribution in [1.29, 1.82) is 0 Å². The highest BCUT2D eigenvalue weighted by atomic mass is 19.1. The molecule has 0 heterocycles. The summed E-state index contributed by atoms with van der Waals surface area (Å²) in [5.74, 6) is -0.700. The maximum Gasteiger partial charge on any atom is 0.352 e. The first kappa shape index (κ1) is 12.4. The van der Waals surface area contributed by atoms with Crippen molar-refractivity contribution in [3.8, 4) is 5.75 Å². The van der Waals surface area contributed by atoms with Crippen LogP contribution < -0.4 is 4.89 Å². The van der Waals surface area contributed by atoms with E-state index in [0.717, 1.165) is 0 Å². The van der Waals surface area contributed by atoms with Crippen molar-refractivity contribution in [3.05, 3.63) is 29.6 Å². The van der Waals surface area contributed by atoms with E-state index in [-0.39, 0.29) is 18.2 Å². The molecule has 0 fully saturated rings. The molecule has 5 heteroatoms. The third-order valence-corrected chi connectivity index (χ3v) is 1.88. The molecule has 0 aliphatic rings. The number of aliphatic hydroxyl groups excluding tert-OH is 1. The molecule has 0 aromatic heterocycles. The average Bonchev–Trinajstić information content (AvgIpc) is 2.26. The molecular weight excluding hydrogens is 215 g/mol. The zero-order valence-corrected chi connectivity index (χ0v) is 8.90. The summed E-state index contributed by atoms with van der Waals surface area (Å²) >= 11 is 0. The number of carbonyl (C=O) groups is 1. The van der Waals surface area contributed by atoms with E-state index in [0.29, 0.717) is 18.4 Å². The second-order valence-corrected chi connectivity index (χ2v) is 3.24. The first-order valence-corrected chi connectivity index (χ1v) is 4.88. The van der Waals surface area contributed by atoms with Gasteiger partial charge in [0.1, 0.15) is 5.82 Å². The summed E-state index contributed by atoms with van der Waals surface area (Å²) < 4.78 is 13.2. The van der Waals surface area contributed by atoms with Gasteiger partial charge in [-0.25, -0.2) is 9.18 Å². The summed E-state index contributed by atoms with van der Waals surface area (Å²) in [5.41, 5.74) is 0.415. The molecule has 0 unspecified atom stereocenters. The lowest BCUT2D eigenvalue weighted by atomic mass is 10.1. The molecule has 0 aliphatic carbocycles. The third-order valence-electron chi connectivity index (χ3n) is 1.88. The predicted octanol–water partition coefficient (Wildman–Crippen LogP) is 1.61. The van der Waals surface area contributed by atoms with Crippen LogP contribution in [0.1, 0.15) is 18.9 Å². The van der Waals surface area contributed by atoms with Gasteiger partial charge in [-0.3, -0.25) is 9.78 Å². The number of carbonyl (C=O) groups excluding carboxylic acids is 1. The molecule has 0 aliphatic heterocycles. The van der Waals surface area contributed by atoms with Crippen molar-refractivity contribution >= 4 is 5.97 Å². The minimum Gasteiger partial charge on any atom is -0.396 e. The van der Waals surface area contributed by atoms with Crippen LogP contribution in [0.4, 0.5) is 4.39 Å².